The van der Waals surface area contributed by atoms with Crippen LogP contribution >= 0.6 is 0 Å². The van der Waals surface area contributed by atoms with E-state index < -0.39 is 23.5 Å². The number of methoxy groups -OCH3 is 2. The normalized spacial score (nSPS) is 9.84. The number of para-hydroxylation sites is 2. The highest BCUT2D eigenvalue weighted by Crippen LogP contribution is 2.29. The molecule has 0 unspecified atom stereocenters. The first-order chi connectivity index (χ1) is 12.0. The number of carbonyl (C=O) groups excluding carboxylic acids is 4. The molecule has 0 atom stereocenters. The summed E-state index contributed by atoms with van der Waals surface area (Å²) in [5, 5.41) is 0. The molecule has 0 radical (unpaired) electrons. The van der Waals surface area contributed by atoms with Gasteiger partial charge in [0.05, 0.1) is 25.3 Å². The zero-order valence-corrected chi connectivity index (χ0v) is 13.5. The average Bonchev–Trinajstić information content (AvgIpc) is 2.66. The molecule has 0 amide bonds. The van der Waals surface area contributed by atoms with Crippen molar-refractivity contribution >= 4 is 23.5 Å². The molecule has 0 spiro atoms. The lowest BCUT2D eigenvalue weighted by Gasteiger charge is -2.12. The zero-order valence-electron chi connectivity index (χ0n) is 13.5. The first-order valence-electron chi connectivity index (χ1n) is 7.10. The van der Waals surface area contributed by atoms with Crippen LogP contribution in [0.1, 0.15) is 20.7 Å². The SMILES string of the molecule is COC(=O)C(=O)c1ccccc1Oc1ccccc1C(=O)C(=O)OC. The standard InChI is InChI=1S/C18H14O7/c1-23-17(21)15(19)11-7-3-5-9-13(11)25-14-10-6-4-8-12(14)16(20)18(22)24-2/h3-10H,1-2H3. The third-order valence-corrected chi connectivity index (χ3v) is 3.22. The Hall–Kier alpha value is -3.48. The molecule has 25 heavy (non-hydrogen) atoms. The fourth-order valence-corrected chi connectivity index (χ4v) is 2.01. The number of ketones is 2. The Labute approximate surface area is 143 Å². The third kappa shape index (κ3) is 3.89. The van der Waals surface area contributed by atoms with Crippen molar-refractivity contribution in [2.75, 3.05) is 14.2 Å². The predicted octanol–water partition coefficient (Wildman–Crippen LogP) is 2.19. The quantitative estimate of drug-likeness (QED) is 0.451. The molecule has 0 fully saturated rings. The number of hydrogen-bond acceptors (Lipinski definition) is 7. The van der Waals surface area contributed by atoms with Crippen LogP contribution in [-0.4, -0.2) is 37.7 Å². The Balaban J connectivity index is 2.42. The molecule has 0 aliphatic rings. The lowest BCUT2D eigenvalue weighted by atomic mass is 10.1. The second-order valence-corrected chi connectivity index (χ2v) is 4.74. The Morgan fingerprint density at radius 3 is 1.36 bits per heavy atom. The zero-order chi connectivity index (χ0) is 18.4. The maximum absolute atomic E-state index is 12.1. The molecule has 128 valence electrons. The first kappa shape index (κ1) is 17.9. The minimum Gasteiger partial charge on any atom is -0.463 e. The summed E-state index contributed by atoms with van der Waals surface area (Å²) in [6.07, 6.45) is 0. The fourth-order valence-electron chi connectivity index (χ4n) is 2.01. The summed E-state index contributed by atoms with van der Waals surface area (Å²) in [7, 11) is 2.18. The number of benzene rings is 2. The van der Waals surface area contributed by atoms with Gasteiger partial charge in [0.25, 0.3) is 11.6 Å². The molecular formula is C18H14O7. The molecule has 0 saturated heterocycles. The van der Waals surface area contributed by atoms with E-state index in [1.165, 1.54) is 24.3 Å². The van der Waals surface area contributed by atoms with Gasteiger partial charge >= 0.3 is 11.9 Å². The van der Waals surface area contributed by atoms with Crippen molar-refractivity contribution in [3.63, 3.8) is 0 Å². The Morgan fingerprint density at radius 2 is 1.00 bits per heavy atom. The number of rotatable bonds is 6. The monoisotopic (exact) mass is 342 g/mol. The summed E-state index contributed by atoms with van der Waals surface area (Å²) < 4.78 is 14.5. The summed E-state index contributed by atoms with van der Waals surface area (Å²) in [6, 6.07) is 12.0. The van der Waals surface area contributed by atoms with Crippen LogP contribution in [0.15, 0.2) is 48.5 Å². The van der Waals surface area contributed by atoms with Gasteiger partial charge in [-0.3, -0.25) is 9.59 Å². The lowest BCUT2D eigenvalue weighted by molar-refractivity contribution is -0.135. The van der Waals surface area contributed by atoms with E-state index in [-0.39, 0.29) is 22.6 Å². The minimum atomic E-state index is -1.05. The number of ether oxygens (including phenoxy) is 3. The maximum Gasteiger partial charge on any atom is 0.379 e. The van der Waals surface area contributed by atoms with Gasteiger partial charge in [-0.05, 0) is 24.3 Å². The second-order valence-electron chi connectivity index (χ2n) is 4.74. The highest BCUT2D eigenvalue weighted by atomic mass is 16.5. The van der Waals surface area contributed by atoms with Crippen LogP contribution < -0.4 is 4.74 Å². The average molecular weight is 342 g/mol. The molecule has 2 aromatic rings. The molecular weight excluding hydrogens is 328 g/mol. The number of Topliss-reactive ketones (excluding diaryl/α,β-unsaturated/α-hetero) is 2. The molecule has 7 heteroatoms. The molecule has 0 bridgehead atoms. The van der Waals surface area contributed by atoms with Crippen LogP contribution in [-0.2, 0) is 19.1 Å². The molecule has 2 rings (SSSR count). The van der Waals surface area contributed by atoms with Gasteiger partial charge in [0.15, 0.2) is 0 Å². The van der Waals surface area contributed by atoms with Crippen molar-refractivity contribution < 1.29 is 33.4 Å². The molecule has 0 heterocycles. The molecule has 0 aliphatic carbocycles. The molecule has 7 nitrogen and oxygen atoms in total. The van der Waals surface area contributed by atoms with Gasteiger partial charge in [-0.25, -0.2) is 9.59 Å². The van der Waals surface area contributed by atoms with Crippen LogP contribution in [0.25, 0.3) is 0 Å². The van der Waals surface area contributed by atoms with Gasteiger partial charge in [0, 0.05) is 0 Å². The van der Waals surface area contributed by atoms with Crippen LogP contribution in [0.4, 0.5) is 0 Å². The van der Waals surface area contributed by atoms with E-state index in [4.69, 9.17) is 4.74 Å². The van der Waals surface area contributed by atoms with Crippen LogP contribution in [0.2, 0.25) is 0 Å². The maximum atomic E-state index is 12.1. The van der Waals surface area contributed by atoms with Gasteiger partial charge < -0.3 is 14.2 Å². The van der Waals surface area contributed by atoms with Crippen LogP contribution in [0, 0.1) is 0 Å². The van der Waals surface area contributed by atoms with E-state index in [1.54, 1.807) is 24.3 Å². The fraction of sp³-hybridized carbons (Fsp3) is 0.111. The Kier molecular flexibility index (Phi) is 5.62. The number of esters is 2. The van der Waals surface area contributed by atoms with Crippen molar-refractivity contribution in [2.45, 2.75) is 0 Å². The summed E-state index contributed by atoms with van der Waals surface area (Å²) in [6.45, 7) is 0. The van der Waals surface area contributed by atoms with Crippen LogP contribution in [0.3, 0.4) is 0 Å². The van der Waals surface area contributed by atoms with Gasteiger partial charge in [-0.15, -0.1) is 0 Å². The highest BCUT2D eigenvalue weighted by Gasteiger charge is 2.24. The van der Waals surface area contributed by atoms with Gasteiger partial charge in [0.1, 0.15) is 11.5 Å². The topological polar surface area (TPSA) is 96.0 Å². The molecule has 0 aliphatic heterocycles. The van der Waals surface area contributed by atoms with E-state index in [0.717, 1.165) is 14.2 Å². The Morgan fingerprint density at radius 1 is 0.640 bits per heavy atom. The molecule has 0 aromatic heterocycles. The predicted molar refractivity (Wildman–Crippen MR) is 85.7 cm³/mol. The van der Waals surface area contributed by atoms with Crippen molar-refractivity contribution in [3.8, 4) is 11.5 Å². The third-order valence-electron chi connectivity index (χ3n) is 3.22. The highest BCUT2D eigenvalue weighted by molar-refractivity contribution is 6.42. The second kappa shape index (κ2) is 7.87. The van der Waals surface area contributed by atoms with E-state index in [0.29, 0.717) is 0 Å². The van der Waals surface area contributed by atoms with Crippen molar-refractivity contribution in [2.24, 2.45) is 0 Å². The summed E-state index contributed by atoms with van der Waals surface area (Å²) in [5.74, 6) is -3.79. The van der Waals surface area contributed by atoms with Crippen molar-refractivity contribution in [1.29, 1.82) is 0 Å². The van der Waals surface area contributed by atoms with Gasteiger partial charge in [0.2, 0.25) is 0 Å². The van der Waals surface area contributed by atoms with Crippen molar-refractivity contribution in [1.82, 2.24) is 0 Å². The van der Waals surface area contributed by atoms with E-state index in [1.807, 2.05) is 0 Å². The molecule has 2 aromatic carbocycles. The number of carbonyl (C=O) groups is 4. The molecule has 0 N–H and O–H groups in total. The van der Waals surface area contributed by atoms with Crippen LogP contribution in [0.5, 0.6) is 11.5 Å². The summed E-state index contributed by atoms with van der Waals surface area (Å²) in [4.78, 5) is 47.1. The van der Waals surface area contributed by atoms with Crippen molar-refractivity contribution in [3.05, 3.63) is 59.7 Å². The largest absolute Gasteiger partial charge is 0.463 e. The van der Waals surface area contributed by atoms with Gasteiger partial charge in [-0.1, -0.05) is 24.3 Å². The summed E-state index contributed by atoms with van der Waals surface area (Å²) >= 11 is 0. The number of hydrogen-bond donors (Lipinski definition) is 0. The smallest absolute Gasteiger partial charge is 0.379 e. The van der Waals surface area contributed by atoms with E-state index in [9.17, 15) is 19.2 Å². The lowest BCUT2D eigenvalue weighted by Crippen LogP contribution is -2.17. The Bertz CT molecular complexity index is 769. The molecule has 0 saturated carbocycles. The summed E-state index contributed by atoms with van der Waals surface area (Å²) in [5.41, 5.74) is -0.0654. The minimum absolute atomic E-state index is 0.0327. The van der Waals surface area contributed by atoms with E-state index in [2.05, 4.69) is 9.47 Å². The van der Waals surface area contributed by atoms with Gasteiger partial charge in [-0.2, -0.15) is 0 Å². The van der Waals surface area contributed by atoms with E-state index >= 15 is 0 Å². The first-order valence-corrected chi connectivity index (χ1v) is 7.10.